The number of ether oxygens (including phenoxy) is 1. The molecule has 0 amide bonds. The summed E-state index contributed by atoms with van der Waals surface area (Å²) in [5.41, 5.74) is 1.28. The van der Waals surface area contributed by atoms with Crippen LogP contribution in [0.25, 0.3) is 0 Å². The van der Waals surface area contributed by atoms with Gasteiger partial charge >= 0.3 is 0 Å². The summed E-state index contributed by atoms with van der Waals surface area (Å²) in [5.74, 6) is 0.317. The highest BCUT2D eigenvalue weighted by atomic mass is 32.1. The van der Waals surface area contributed by atoms with Crippen LogP contribution in [0.4, 0.5) is 4.39 Å². The molecule has 26 heavy (non-hydrogen) atoms. The first-order valence-electron chi connectivity index (χ1n) is 8.49. The summed E-state index contributed by atoms with van der Waals surface area (Å²) in [4.78, 5) is 4.52. The maximum absolute atomic E-state index is 13.7. The molecular weight excluding hydrogens is 353 g/mol. The molecule has 0 aliphatic heterocycles. The average Bonchev–Trinajstić information content (AvgIpc) is 3.16. The largest absolute Gasteiger partial charge is 0.384 e. The average molecular weight is 380 g/mol. The molecule has 1 aromatic heterocycles. The second kappa shape index (κ2) is 9.66. The van der Waals surface area contributed by atoms with Crippen LogP contribution in [-0.2, 0) is 23.5 Å². The van der Waals surface area contributed by atoms with Crippen LogP contribution >= 0.6 is 11.3 Å². The lowest BCUT2D eigenvalue weighted by atomic mass is 9.99. The molecule has 0 aliphatic carbocycles. The van der Waals surface area contributed by atoms with Gasteiger partial charge in [-0.05, 0) is 53.9 Å². The van der Waals surface area contributed by atoms with Crippen molar-refractivity contribution in [1.29, 1.82) is 0 Å². The van der Waals surface area contributed by atoms with Crippen LogP contribution < -0.4 is 10.6 Å². The molecular formula is C19H26FN3O2S. The molecule has 2 rings (SSSR count). The van der Waals surface area contributed by atoms with Gasteiger partial charge in [-0.1, -0.05) is 6.07 Å². The van der Waals surface area contributed by atoms with E-state index in [2.05, 4.69) is 15.6 Å². The Bertz CT molecular complexity index is 718. The number of aliphatic hydroxyl groups is 1. The maximum atomic E-state index is 13.7. The highest BCUT2D eigenvalue weighted by Crippen LogP contribution is 2.22. The van der Waals surface area contributed by atoms with Crippen LogP contribution in [0.5, 0.6) is 0 Å². The second-order valence-corrected chi connectivity index (χ2v) is 6.97. The van der Waals surface area contributed by atoms with Crippen molar-refractivity contribution in [2.45, 2.75) is 32.6 Å². The van der Waals surface area contributed by atoms with E-state index in [1.807, 2.05) is 23.8 Å². The molecule has 5 nitrogen and oxygen atoms in total. The Morgan fingerprint density at radius 2 is 2.15 bits per heavy atom. The zero-order chi connectivity index (χ0) is 19.0. The maximum Gasteiger partial charge on any atom is 0.191 e. The van der Waals surface area contributed by atoms with Crippen molar-refractivity contribution < 1.29 is 14.2 Å². The van der Waals surface area contributed by atoms with Gasteiger partial charge in [0.2, 0.25) is 0 Å². The molecule has 0 bridgehead atoms. The lowest BCUT2D eigenvalue weighted by molar-refractivity contribution is 0.0621. The highest BCUT2D eigenvalue weighted by molar-refractivity contribution is 7.08. The third-order valence-corrected chi connectivity index (χ3v) is 4.60. The molecule has 1 atom stereocenters. The van der Waals surface area contributed by atoms with Crippen molar-refractivity contribution >= 4 is 17.3 Å². The fraction of sp³-hybridized carbons (Fsp3) is 0.421. The van der Waals surface area contributed by atoms with Crippen molar-refractivity contribution in [3.05, 3.63) is 57.5 Å². The predicted molar refractivity (Wildman–Crippen MR) is 104 cm³/mol. The van der Waals surface area contributed by atoms with E-state index in [0.717, 1.165) is 11.1 Å². The summed E-state index contributed by atoms with van der Waals surface area (Å²) >= 11 is 1.55. The molecule has 1 aromatic carbocycles. The van der Waals surface area contributed by atoms with Gasteiger partial charge in [-0.25, -0.2) is 9.38 Å². The van der Waals surface area contributed by atoms with Gasteiger partial charge in [-0.3, -0.25) is 0 Å². The Kier molecular flexibility index (Phi) is 7.56. The Morgan fingerprint density at radius 3 is 2.81 bits per heavy atom. The van der Waals surface area contributed by atoms with Crippen molar-refractivity contribution in [2.24, 2.45) is 4.99 Å². The van der Waals surface area contributed by atoms with Gasteiger partial charge in [0.1, 0.15) is 11.4 Å². The number of halogens is 1. The van der Waals surface area contributed by atoms with Crippen LogP contribution in [0.2, 0.25) is 0 Å². The van der Waals surface area contributed by atoms with Gasteiger partial charge in [0.25, 0.3) is 0 Å². The topological polar surface area (TPSA) is 65.9 Å². The Labute approximate surface area is 157 Å². The fourth-order valence-corrected chi connectivity index (χ4v) is 3.22. The molecule has 1 unspecified atom stereocenters. The van der Waals surface area contributed by atoms with E-state index >= 15 is 0 Å². The van der Waals surface area contributed by atoms with Crippen LogP contribution in [-0.4, -0.2) is 31.3 Å². The van der Waals surface area contributed by atoms with Crippen molar-refractivity contribution in [3.63, 3.8) is 0 Å². The number of hydrogen-bond donors (Lipinski definition) is 3. The fourth-order valence-electron chi connectivity index (χ4n) is 2.43. The van der Waals surface area contributed by atoms with E-state index in [-0.39, 0.29) is 12.4 Å². The number of hydrogen-bond acceptors (Lipinski definition) is 4. The van der Waals surface area contributed by atoms with Gasteiger partial charge < -0.3 is 20.5 Å². The number of nitrogens with one attached hydrogen (secondary N) is 2. The predicted octanol–water partition coefficient (Wildman–Crippen LogP) is 3.00. The normalized spacial score (nSPS) is 14.1. The SMILES string of the molecule is CCNC(=NCc1ccc(F)c(COC)c1)NCC(C)(O)c1ccsc1. The Morgan fingerprint density at radius 1 is 1.35 bits per heavy atom. The lowest BCUT2D eigenvalue weighted by Crippen LogP contribution is -2.44. The highest BCUT2D eigenvalue weighted by Gasteiger charge is 2.23. The molecule has 7 heteroatoms. The first kappa shape index (κ1) is 20.4. The van der Waals surface area contributed by atoms with Gasteiger partial charge in [0.05, 0.1) is 19.7 Å². The summed E-state index contributed by atoms with van der Waals surface area (Å²) in [6, 6.07) is 6.81. The van der Waals surface area contributed by atoms with Gasteiger partial charge in [-0.2, -0.15) is 11.3 Å². The number of aliphatic imine (C=N–C) groups is 1. The molecule has 0 fully saturated rings. The zero-order valence-electron chi connectivity index (χ0n) is 15.4. The summed E-state index contributed by atoms with van der Waals surface area (Å²) < 4.78 is 18.7. The minimum Gasteiger partial charge on any atom is -0.384 e. The quantitative estimate of drug-likeness (QED) is 0.487. The van der Waals surface area contributed by atoms with Crippen LogP contribution in [0.1, 0.15) is 30.5 Å². The van der Waals surface area contributed by atoms with E-state index in [0.29, 0.717) is 31.2 Å². The van der Waals surface area contributed by atoms with Crippen LogP contribution in [0, 0.1) is 5.82 Å². The number of thiophene rings is 1. The Balaban J connectivity index is 2.03. The van der Waals surface area contributed by atoms with Crippen molar-refractivity contribution in [2.75, 3.05) is 20.2 Å². The first-order valence-corrected chi connectivity index (χ1v) is 9.44. The van der Waals surface area contributed by atoms with E-state index in [1.165, 1.54) is 13.2 Å². The molecule has 0 saturated heterocycles. The number of guanidine groups is 1. The van der Waals surface area contributed by atoms with Gasteiger partial charge in [-0.15, -0.1) is 0 Å². The zero-order valence-corrected chi connectivity index (χ0v) is 16.2. The third kappa shape index (κ3) is 5.79. The minimum absolute atomic E-state index is 0.227. The molecule has 0 spiro atoms. The first-order chi connectivity index (χ1) is 12.5. The van der Waals surface area contributed by atoms with E-state index in [1.54, 1.807) is 30.4 Å². The lowest BCUT2D eigenvalue weighted by Gasteiger charge is -2.24. The van der Waals surface area contributed by atoms with Crippen LogP contribution in [0.15, 0.2) is 40.0 Å². The number of benzene rings is 1. The summed E-state index contributed by atoms with van der Waals surface area (Å²) in [6.45, 7) is 5.39. The third-order valence-electron chi connectivity index (χ3n) is 3.92. The molecule has 0 aliphatic rings. The standard InChI is InChI=1S/C19H26FN3O2S/c1-4-21-18(23-13-19(2,24)16-7-8-26-12-16)22-10-14-5-6-17(20)15(9-14)11-25-3/h5-9,12,24H,4,10-11,13H2,1-3H3,(H2,21,22,23). The van der Waals surface area contributed by atoms with E-state index < -0.39 is 5.60 Å². The summed E-state index contributed by atoms with van der Waals surface area (Å²) in [6.07, 6.45) is 0. The van der Waals surface area contributed by atoms with E-state index in [9.17, 15) is 9.50 Å². The van der Waals surface area contributed by atoms with Crippen molar-refractivity contribution in [1.82, 2.24) is 10.6 Å². The monoisotopic (exact) mass is 379 g/mol. The summed E-state index contributed by atoms with van der Waals surface area (Å²) in [5, 5.41) is 20.8. The molecule has 2 aromatic rings. The molecule has 142 valence electrons. The van der Waals surface area contributed by atoms with Gasteiger partial charge in [0.15, 0.2) is 5.96 Å². The number of nitrogens with zero attached hydrogens (tertiary/aromatic N) is 1. The van der Waals surface area contributed by atoms with Crippen LogP contribution in [0.3, 0.4) is 0 Å². The molecule has 0 saturated carbocycles. The Hall–Kier alpha value is -1.96. The van der Waals surface area contributed by atoms with E-state index in [4.69, 9.17) is 4.74 Å². The second-order valence-electron chi connectivity index (χ2n) is 6.19. The molecule has 0 radical (unpaired) electrons. The molecule has 3 N–H and O–H groups in total. The summed E-state index contributed by atoms with van der Waals surface area (Å²) in [7, 11) is 1.54. The van der Waals surface area contributed by atoms with Gasteiger partial charge in [0, 0.05) is 19.2 Å². The smallest absolute Gasteiger partial charge is 0.191 e. The van der Waals surface area contributed by atoms with Crippen molar-refractivity contribution in [3.8, 4) is 0 Å². The molecule has 1 heterocycles. The number of methoxy groups -OCH3 is 1. The minimum atomic E-state index is -0.988. The number of rotatable bonds is 8.